The monoisotopic (exact) mass is 154 g/mol. The van der Waals surface area contributed by atoms with Gasteiger partial charge in [0.2, 0.25) is 0 Å². The molecule has 1 N–H and O–H groups in total. The van der Waals surface area contributed by atoms with Crippen LogP contribution in [0.4, 0.5) is 0 Å². The molecule has 0 aromatic carbocycles. The average molecular weight is 154 g/mol. The van der Waals surface area contributed by atoms with E-state index in [9.17, 15) is 4.79 Å². The van der Waals surface area contributed by atoms with E-state index < -0.39 is 17.6 Å². The topological polar surface area (TPSA) is 62.0 Å². The van der Waals surface area contributed by atoms with Gasteiger partial charge in [-0.15, -0.1) is 0 Å². The van der Waals surface area contributed by atoms with Gasteiger partial charge in [-0.3, -0.25) is 14.8 Å². The number of aliphatic imine (C=N–C) groups is 2. The molecule has 0 bridgehead atoms. The molecule has 0 radical (unpaired) electrons. The van der Waals surface area contributed by atoms with Crippen molar-refractivity contribution in [2.45, 2.75) is 19.5 Å². The lowest BCUT2D eigenvalue weighted by Gasteiger charge is -2.21. The van der Waals surface area contributed by atoms with E-state index in [1.807, 2.05) is 0 Å². The van der Waals surface area contributed by atoms with Crippen molar-refractivity contribution in [3.8, 4) is 0 Å². The standard InChI is InChI=1S/C7H10N2O2/c1-5(6(10)11)7(2)8-3-4-9-7/h3-5H,1-2H3,(H,10,11). The van der Waals surface area contributed by atoms with E-state index in [0.29, 0.717) is 0 Å². The summed E-state index contributed by atoms with van der Waals surface area (Å²) in [6, 6.07) is 0. The van der Waals surface area contributed by atoms with Gasteiger partial charge in [0, 0.05) is 12.4 Å². The van der Waals surface area contributed by atoms with Gasteiger partial charge in [0.05, 0.1) is 5.92 Å². The molecule has 1 aliphatic heterocycles. The second-order valence-electron chi connectivity index (χ2n) is 2.71. The van der Waals surface area contributed by atoms with Crippen LogP contribution in [0.5, 0.6) is 0 Å². The van der Waals surface area contributed by atoms with E-state index in [1.54, 1.807) is 13.8 Å². The maximum Gasteiger partial charge on any atom is 0.310 e. The highest BCUT2D eigenvalue weighted by Gasteiger charge is 2.35. The van der Waals surface area contributed by atoms with Gasteiger partial charge in [-0.2, -0.15) is 0 Å². The molecule has 11 heavy (non-hydrogen) atoms. The first kappa shape index (κ1) is 7.91. The minimum atomic E-state index is -0.872. The Morgan fingerprint density at radius 2 is 2.00 bits per heavy atom. The summed E-state index contributed by atoms with van der Waals surface area (Å²) in [5.41, 5.74) is -0.786. The summed E-state index contributed by atoms with van der Waals surface area (Å²) >= 11 is 0. The van der Waals surface area contributed by atoms with E-state index in [2.05, 4.69) is 9.98 Å². The van der Waals surface area contributed by atoms with Crippen LogP contribution >= 0.6 is 0 Å². The van der Waals surface area contributed by atoms with Gasteiger partial charge >= 0.3 is 5.97 Å². The lowest BCUT2D eigenvalue weighted by molar-refractivity contribution is -0.143. The van der Waals surface area contributed by atoms with Crippen LogP contribution in [0.1, 0.15) is 13.8 Å². The Labute approximate surface area is 64.7 Å². The molecule has 0 fully saturated rings. The van der Waals surface area contributed by atoms with Crippen molar-refractivity contribution in [3.63, 3.8) is 0 Å². The highest BCUT2D eigenvalue weighted by Crippen LogP contribution is 2.24. The number of carboxylic acid groups (broad SMARTS) is 1. The van der Waals surface area contributed by atoms with Crippen LogP contribution in [-0.2, 0) is 4.79 Å². The SMILES string of the molecule is CC(C(=O)O)C1(C)N=CC=N1. The van der Waals surface area contributed by atoms with Crippen LogP contribution < -0.4 is 0 Å². The molecule has 0 saturated carbocycles. The normalized spacial score (nSPS) is 22.0. The molecule has 4 nitrogen and oxygen atoms in total. The second-order valence-corrected chi connectivity index (χ2v) is 2.71. The minimum Gasteiger partial charge on any atom is -0.481 e. The molecular weight excluding hydrogens is 144 g/mol. The van der Waals surface area contributed by atoms with E-state index in [0.717, 1.165) is 0 Å². The number of hydrogen-bond acceptors (Lipinski definition) is 3. The third kappa shape index (κ3) is 1.29. The van der Waals surface area contributed by atoms with Gasteiger partial charge in [0.1, 0.15) is 0 Å². The molecule has 1 heterocycles. The van der Waals surface area contributed by atoms with E-state index in [-0.39, 0.29) is 0 Å². The predicted molar refractivity (Wildman–Crippen MR) is 42.2 cm³/mol. The predicted octanol–water partition coefficient (Wildman–Crippen LogP) is 0.579. The zero-order valence-electron chi connectivity index (χ0n) is 6.48. The lowest BCUT2D eigenvalue weighted by atomic mass is 9.98. The first-order valence-electron chi connectivity index (χ1n) is 3.38. The van der Waals surface area contributed by atoms with Crippen molar-refractivity contribution in [2.24, 2.45) is 15.9 Å². The van der Waals surface area contributed by atoms with E-state index in [4.69, 9.17) is 5.11 Å². The first-order valence-corrected chi connectivity index (χ1v) is 3.38. The number of nitrogens with zero attached hydrogens (tertiary/aromatic N) is 2. The molecule has 0 aromatic heterocycles. The van der Waals surface area contributed by atoms with Crippen molar-refractivity contribution in [2.75, 3.05) is 0 Å². The summed E-state index contributed by atoms with van der Waals surface area (Å²) in [6.45, 7) is 3.30. The molecule has 1 aliphatic rings. The van der Waals surface area contributed by atoms with Crippen LogP contribution in [0.3, 0.4) is 0 Å². The van der Waals surface area contributed by atoms with Crippen LogP contribution in [0.2, 0.25) is 0 Å². The quantitative estimate of drug-likeness (QED) is 0.632. The van der Waals surface area contributed by atoms with Crippen molar-refractivity contribution >= 4 is 18.4 Å². The Bertz CT molecular complexity index is 221. The summed E-state index contributed by atoms with van der Waals surface area (Å²) in [6.07, 6.45) is 3.05. The molecule has 0 aromatic rings. The third-order valence-corrected chi connectivity index (χ3v) is 1.93. The smallest absolute Gasteiger partial charge is 0.310 e. The summed E-state index contributed by atoms with van der Waals surface area (Å²) in [4.78, 5) is 18.5. The van der Waals surface area contributed by atoms with E-state index in [1.165, 1.54) is 12.4 Å². The van der Waals surface area contributed by atoms with Gasteiger partial charge in [-0.25, -0.2) is 0 Å². The Hall–Kier alpha value is -1.19. The Morgan fingerprint density at radius 3 is 2.36 bits per heavy atom. The Morgan fingerprint density at radius 1 is 1.55 bits per heavy atom. The average Bonchev–Trinajstić information content (AvgIpc) is 2.35. The second kappa shape index (κ2) is 2.45. The van der Waals surface area contributed by atoms with E-state index >= 15 is 0 Å². The fourth-order valence-electron chi connectivity index (χ4n) is 0.859. The third-order valence-electron chi connectivity index (χ3n) is 1.93. The van der Waals surface area contributed by atoms with Crippen molar-refractivity contribution < 1.29 is 9.90 Å². The molecule has 1 atom stereocenters. The molecule has 4 heteroatoms. The number of carbonyl (C=O) groups is 1. The molecular formula is C7H10N2O2. The van der Waals surface area contributed by atoms with Crippen LogP contribution in [-0.4, -0.2) is 29.2 Å². The van der Waals surface area contributed by atoms with Gasteiger partial charge in [0.25, 0.3) is 0 Å². The number of rotatable bonds is 2. The molecule has 0 aliphatic carbocycles. The summed E-state index contributed by atoms with van der Waals surface area (Å²) in [7, 11) is 0. The minimum absolute atomic E-state index is 0.572. The van der Waals surface area contributed by atoms with Crippen LogP contribution in [0.15, 0.2) is 9.98 Å². The maximum absolute atomic E-state index is 10.5. The molecule has 60 valence electrons. The first-order chi connectivity index (χ1) is 5.06. The fourth-order valence-corrected chi connectivity index (χ4v) is 0.859. The van der Waals surface area contributed by atoms with Crippen LogP contribution in [0, 0.1) is 5.92 Å². The Kier molecular flexibility index (Phi) is 1.76. The molecule has 1 rings (SSSR count). The fraction of sp³-hybridized carbons (Fsp3) is 0.571. The molecule has 0 saturated heterocycles. The lowest BCUT2D eigenvalue weighted by Crippen LogP contribution is -2.32. The highest BCUT2D eigenvalue weighted by molar-refractivity contribution is 6.17. The zero-order chi connectivity index (χ0) is 8.48. The summed E-state index contributed by atoms with van der Waals surface area (Å²) in [5.74, 6) is -1.44. The number of carboxylic acids is 1. The summed E-state index contributed by atoms with van der Waals surface area (Å²) in [5, 5.41) is 8.66. The molecule has 0 spiro atoms. The largest absolute Gasteiger partial charge is 0.481 e. The van der Waals surface area contributed by atoms with Gasteiger partial charge in [0.15, 0.2) is 5.66 Å². The van der Waals surface area contributed by atoms with Crippen molar-refractivity contribution in [3.05, 3.63) is 0 Å². The van der Waals surface area contributed by atoms with Crippen molar-refractivity contribution in [1.29, 1.82) is 0 Å². The number of hydrogen-bond donors (Lipinski definition) is 1. The highest BCUT2D eigenvalue weighted by atomic mass is 16.4. The van der Waals surface area contributed by atoms with Gasteiger partial charge < -0.3 is 5.11 Å². The Balaban J connectivity index is 2.81. The molecule has 1 unspecified atom stereocenters. The maximum atomic E-state index is 10.5. The number of aliphatic carboxylic acids is 1. The van der Waals surface area contributed by atoms with Gasteiger partial charge in [-0.05, 0) is 13.8 Å². The summed E-state index contributed by atoms with van der Waals surface area (Å²) < 4.78 is 0. The van der Waals surface area contributed by atoms with Crippen molar-refractivity contribution in [1.82, 2.24) is 0 Å². The van der Waals surface area contributed by atoms with Gasteiger partial charge in [-0.1, -0.05) is 0 Å². The zero-order valence-corrected chi connectivity index (χ0v) is 6.48. The van der Waals surface area contributed by atoms with Crippen LogP contribution in [0.25, 0.3) is 0 Å². The molecule has 0 amide bonds.